The van der Waals surface area contributed by atoms with Crippen LogP contribution in [0.1, 0.15) is 29.1 Å². The highest BCUT2D eigenvalue weighted by Gasteiger charge is 2.11. The van der Waals surface area contributed by atoms with E-state index in [2.05, 4.69) is 10.6 Å². The van der Waals surface area contributed by atoms with Crippen molar-refractivity contribution >= 4 is 23.2 Å². The van der Waals surface area contributed by atoms with E-state index in [1.165, 1.54) is 11.3 Å². The van der Waals surface area contributed by atoms with Gasteiger partial charge in [-0.2, -0.15) is 0 Å². The van der Waals surface area contributed by atoms with Gasteiger partial charge in [0.2, 0.25) is 11.8 Å². The SMILES string of the molecule is CCNC(=O)C(C)NCc1cc(C(N)=O)cs1. The van der Waals surface area contributed by atoms with Crippen LogP contribution in [0.25, 0.3) is 0 Å². The monoisotopic (exact) mass is 255 g/mol. The molecular formula is C11H17N3O2S. The molecule has 17 heavy (non-hydrogen) atoms. The van der Waals surface area contributed by atoms with Crippen LogP contribution in [0.4, 0.5) is 0 Å². The molecule has 1 rings (SSSR count). The summed E-state index contributed by atoms with van der Waals surface area (Å²) in [6, 6.07) is 1.49. The summed E-state index contributed by atoms with van der Waals surface area (Å²) in [7, 11) is 0. The van der Waals surface area contributed by atoms with Gasteiger partial charge < -0.3 is 16.4 Å². The Morgan fingerprint density at radius 3 is 2.76 bits per heavy atom. The summed E-state index contributed by atoms with van der Waals surface area (Å²) in [5, 5.41) is 7.53. The van der Waals surface area contributed by atoms with E-state index in [1.54, 1.807) is 18.4 Å². The van der Waals surface area contributed by atoms with E-state index in [0.29, 0.717) is 18.7 Å². The van der Waals surface area contributed by atoms with Gasteiger partial charge in [-0.25, -0.2) is 0 Å². The predicted molar refractivity (Wildman–Crippen MR) is 67.8 cm³/mol. The third-order valence-corrected chi connectivity index (χ3v) is 3.20. The molecule has 1 unspecified atom stereocenters. The molecular weight excluding hydrogens is 238 g/mol. The third kappa shape index (κ3) is 4.16. The maximum Gasteiger partial charge on any atom is 0.249 e. The number of amides is 2. The second kappa shape index (κ2) is 6.36. The highest BCUT2D eigenvalue weighted by atomic mass is 32.1. The zero-order valence-electron chi connectivity index (χ0n) is 9.95. The van der Waals surface area contributed by atoms with Gasteiger partial charge >= 0.3 is 0 Å². The number of likely N-dealkylation sites (N-methyl/N-ethyl adjacent to an activating group) is 1. The standard InChI is InChI=1S/C11H17N3O2S/c1-3-13-11(16)7(2)14-5-9-4-8(6-17-9)10(12)15/h4,6-7,14H,3,5H2,1-2H3,(H2,12,15)(H,13,16). The van der Waals surface area contributed by atoms with E-state index in [4.69, 9.17) is 5.73 Å². The van der Waals surface area contributed by atoms with Gasteiger partial charge in [0.05, 0.1) is 11.6 Å². The molecule has 0 aliphatic heterocycles. The van der Waals surface area contributed by atoms with Crippen LogP contribution in [0.15, 0.2) is 11.4 Å². The highest BCUT2D eigenvalue weighted by molar-refractivity contribution is 7.10. The smallest absolute Gasteiger partial charge is 0.249 e. The Bertz CT molecular complexity index is 403. The average Bonchev–Trinajstić information content (AvgIpc) is 2.75. The van der Waals surface area contributed by atoms with Crippen molar-refractivity contribution in [2.45, 2.75) is 26.4 Å². The molecule has 6 heteroatoms. The van der Waals surface area contributed by atoms with Crippen molar-refractivity contribution in [1.82, 2.24) is 10.6 Å². The van der Waals surface area contributed by atoms with Crippen molar-refractivity contribution in [3.8, 4) is 0 Å². The number of hydrogen-bond acceptors (Lipinski definition) is 4. The van der Waals surface area contributed by atoms with Crippen LogP contribution in [0.2, 0.25) is 0 Å². The molecule has 0 fully saturated rings. The van der Waals surface area contributed by atoms with E-state index in [1.807, 2.05) is 6.92 Å². The summed E-state index contributed by atoms with van der Waals surface area (Å²) >= 11 is 1.45. The topological polar surface area (TPSA) is 84.2 Å². The molecule has 5 nitrogen and oxygen atoms in total. The molecule has 0 aromatic carbocycles. The van der Waals surface area contributed by atoms with Gasteiger partial charge in [0.1, 0.15) is 0 Å². The number of nitrogens with one attached hydrogen (secondary N) is 2. The molecule has 0 saturated heterocycles. The molecule has 4 N–H and O–H groups in total. The van der Waals surface area contributed by atoms with E-state index < -0.39 is 5.91 Å². The van der Waals surface area contributed by atoms with Gasteiger partial charge in [-0.05, 0) is 19.9 Å². The summed E-state index contributed by atoms with van der Waals surface area (Å²) in [6.07, 6.45) is 0. The second-order valence-electron chi connectivity index (χ2n) is 3.66. The molecule has 0 bridgehead atoms. The molecule has 0 aliphatic carbocycles. The number of primary amides is 1. The quantitative estimate of drug-likeness (QED) is 0.690. The van der Waals surface area contributed by atoms with E-state index in [9.17, 15) is 9.59 Å². The van der Waals surface area contributed by atoms with Gasteiger partial charge in [-0.3, -0.25) is 9.59 Å². The fourth-order valence-corrected chi connectivity index (χ4v) is 2.10. The summed E-state index contributed by atoms with van der Waals surface area (Å²) in [5.74, 6) is -0.455. The van der Waals surface area contributed by atoms with E-state index in [0.717, 1.165) is 4.88 Å². The number of rotatable bonds is 6. The van der Waals surface area contributed by atoms with Crippen LogP contribution in [0.3, 0.4) is 0 Å². The zero-order chi connectivity index (χ0) is 12.8. The second-order valence-corrected chi connectivity index (χ2v) is 4.66. The molecule has 0 spiro atoms. The minimum atomic E-state index is -0.427. The van der Waals surface area contributed by atoms with Crippen molar-refractivity contribution < 1.29 is 9.59 Å². The molecule has 1 aromatic rings. The Labute approximate surface area is 104 Å². The summed E-state index contributed by atoms with van der Waals surface area (Å²) in [4.78, 5) is 23.3. The zero-order valence-corrected chi connectivity index (χ0v) is 10.8. The number of thiophene rings is 1. The third-order valence-electron chi connectivity index (χ3n) is 2.27. The first-order chi connectivity index (χ1) is 8.04. The van der Waals surface area contributed by atoms with Crippen LogP contribution in [-0.4, -0.2) is 24.4 Å². The maximum absolute atomic E-state index is 11.4. The molecule has 1 heterocycles. The lowest BCUT2D eigenvalue weighted by molar-refractivity contribution is -0.122. The van der Waals surface area contributed by atoms with Crippen molar-refractivity contribution in [2.24, 2.45) is 5.73 Å². The van der Waals surface area contributed by atoms with Crippen molar-refractivity contribution in [3.63, 3.8) is 0 Å². The van der Waals surface area contributed by atoms with Gasteiger partial charge in [-0.15, -0.1) is 11.3 Å². The fourth-order valence-electron chi connectivity index (χ4n) is 1.28. The normalized spacial score (nSPS) is 12.1. The molecule has 1 atom stereocenters. The lowest BCUT2D eigenvalue weighted by Crippen LogP contribution is -2.41. The molecule has 1 aromatic heterocycles. The first-order valence-electron chi connectivity index (χ1n) is 5.43. The van der Waals surface area contributed by atoms with Crippen molar-refractivity contribution in [3.05, 3.63) is 21.9 Å². The predicted octanol–water partition coefficient (Wildman–Crippen LogP) is 0.461. The number of carbonyl (C=O) groups excluding carboxylic acids is 2. The first kappa shape index (κ1) is 13.7. The summed E-state index contributed by atoms with van der Waals surface area (Å²) in [6.45, 7) is 4.85. The Morgan fingerprint density at radius 2 is 2.24 bits per heavy atom. The van der Waals surface area contributed by atoms with Crippen LogP contribution >= 0.6 is 11.3 Å². The van der Waals surface area contributed by atoms with Crippen LogP contribution < -0.4 is 16.4 Å². The first-order valence-corrected chi connectivity index (χ1v) is 6.30. The largest absolute Gasteiger partial charge is 0.366 e. The maximum atomic E-state index is 11.4. The van der Waals surface area contributed by atoms with Crippen LogP contribution in [-0.2, 0) is 11.3 Å². The van der Waals surface area contributed by atoms with Gasteiger partial charge in [0.15, 0.2) is 0 Å². The van der Waals surface area contributed by atoms with Crippen LogP contribution in [0, 0.1) is 0 Å². The Kier molecular flexibility index (Phi) is 5.11. The van der Waals surface area contributed by atoms with E-state index >= 15 is 0 Å². The molecule has 2 amide bonds. The number of hydrogen-bond donors (Lipinski definition) is 3. The lowest BCUT2D eigenvalue weighted by Gasteiger charge is -2.12. The van der Waals surface area contributed by atoms with Gasteiger partial charge in [0.25, 0.3) is 0 Å². The highest BCUT2D eigenvalue weighted by Crippen LogP contribution is 2.13. The molecule has 0 saturated carbocycles. The summed E-state index contributed by atoms with van der Waals surface area (Å²) < 4.78 is 0. The molecule has 0 radical (unpaired) electrons. The average molecular weight is 255 g/mol. The van der Waals surface area contributed by atoms with Crippen molar-refractivity contribution in [2.75, 3.05) is 6.54 Å². The fraction of sp³-hybridized carbons (Fsp3) is 0.455. The van der Waals surface area contributed by atoms with E-state index in [-0.39, 0.29) is 11.9 Å². The minimum absolute atomic E-state index is 0.0285. The lowest BCUT2D eigenvalue weighted by atomic mass is 10.2. The molecule has 0 aliphatic rings. The van der Waals surface area contributed by atoms with Gasteiger partial charge in [0, 0.05) is 23.3 Å². The summed E-state index contributed by atoms with van der Waals surface area (Å²) in [5.41, 5.74) is 5.67. The Morgan fingerprint density at radius 1 is 1.53 bits per heavy atom. The number of carbonyl (C=O) groups is 2. The van der Waals surface area contributed by atoms with Crippen molar-refractivity contribution in [1.29, 1.82) is 0 Å². The van der Waals surface area contributed by atoms with Gasteiger partial charge in [-0.1, -0.05) is 0 Å². The Balaban J connectivity index is 2.44. The minimum Gasteiger partial charge on any atom is -0.366 e. The van der Waals surface area contributed by atoms with Crippen LogP contribution in [0.5, 0.6) is 0 Å². The number of nitrogens with two attached hydrogens (primary N) is 1. The Hall–Kier alpha value is -1.40. The molecule has 94 valence electrons.